The van der Waals surface area contributed by atoms with Gasteiger partial charge < -0.3 is 10.2 Å². The molecule has 4 aromatic rings. The van der Waals surface area contributed by atoms with Crippen LogP contribution in [0.15, 0.2) is 72.8 Å². The molecule has 1 heterocycles. The summed E-state index contributed by atoms with van der Waals surface area (Å²) in [5, 5.41) is 4.51. The van der Waals surface area contributed by atoms with E-state index in [1.165, 1.54) is 12.1 Å². The minimum absolute atomic E-state index is 0.0275. The molecule has 1 aromatic heterocycles. The van der Waals surface area contributed by atoms with Crippen molar-refractivity contribution in [3.63, 3.8) is 0 Å². The normalized spacial score (nSPS) is 12.1. The fraction of sp³-hybridized carbons (Fsp3) is 0.276. The van der Waals surface area contributed by atoms with E-state index in [9.17, 15) is 9.18 Å². The second-order valence-electron chi connectivity index (χ2n) is 9.33. The highest BCUT2D eigenvalue weighted by Crippen LogP contribution is 2.30. The first-order valence-electron chi connectivity index (χ1n) is 12.1. The van der Waals surface area contributed by atoms with Crippen molar-refractivity contribution in [3.05, 3.63) is 89.2 Å². The maximum absolute atomic E-state index is 13.5. The lowest BCUT2D eigenvalue weighted by molar-refractivity contribution is -0.121. The molecule has 0 aliphatic heterocycles. The molecule has 1 N–H and O–H groups in total. The molecule has 0 radical (unpaired) electrons. The molecule has 0 unspecified atom stereocenters. The maximum Gasteiger partial charge on any atom is 0.222 e. The largest absolute Gasteiger partial charge is 0.355 e. The van der Waals surface area contributed by atoms with Crippen LogP contribution in [0.1, 0.15) is 38.8 Å². The van der Waals surface area contributed by atoms with Gasteiger partial charge in [-0.15, -0.1) is 0 Å². The third-order valence-electron chi connectivity index (χ3n) is 5.91. The highest BCUT2D eigenvalue weighted by Gasteiger charge is 2.19. The summed E-state index contributed by atoms with van der Waals surface area (Å²) in [5.74, 6) is 1.20. The van der Waals surface area contributed by atoms with E-state index in [1.807, 2.05) is 49.4 Å². The van der Waals surface area contributed by atoms with Crippen LogP contribution in [0.25, 0.3) is 22.3 Å². The zero-order valence-electron chi connectivity index (χ0n) is 20.7. The Morgan fingerprint density at radius 1 is 1.00 bits per heavy atom. The third kappa shape index (κ3) is 6.38. The molecule has 3 aromatic carbocycles. The standard InChI is InChI=1S/C29H30ClFN4O/c1-19(2)18-35(16-15-27(36)32-20(3)21-7-5-4-6-8-21)29-25-14-11-23(30)17-26(25)33-28(34-29)22-9-12-24(31)13-10-22/h4-14,17,19-20H,15-16,18H2,1-3H3,(H,32,36)/t20-/m1/s1. The molecule has 186 valence electrons. The van der Waals surface area contributed by atoms with Crippen molar-refractivity contribution >= 4 is 34.2 Å². The molecule has 5 nitrogen and oxygen atoms in total. The fourth-order valence-corrected chi connectivity index (χ4v) is 4.32. The molecular formula is C29H30ClFN4O. The van der Waals surface area contributed by atoms with Crippen molar-refractivity contribution in [2.45, 2.75) is 33.2 Å². The minimum atomic E-state index is -0.319. The molecular weight excluding hydrogens is 475 g/mol. The van der Waals surface area contributed by atoms with Gasteiger partial charge in [0.15, 0.2) is 5.82 Å². The van der Waals surface area contributed by atoms with Gasteiger partial charge in [-0.1, -0.05) is 55.8 Å². The van der Waals surface area contributed by atoms with Crippen LogP contribution in [0.2, 0.25) is 5.02 Å². The van der Waals surface area contributed by atoms with Gasteiger partial charge in [-0.3, -0.25) is 4.79 Å². The molecule has 7 heteroatoms. The number of benzene rings is 3. The number of carbonyl (C=O) groups excluding carboxylic acids is 1. The number of nitrogens with zero attached hydrogens (tertiary/aromatic N) is 3. The summed E-state index contributed by atoms with van der Waals surface area (Å²) in [5.41, 5.74) is 2.47. The number of aromatic nitrogens is 2. The van der Waals surface area contributed by atoms with E-state index in [1.54, 1.807) is 18.2 Å². The zero-order valence-corrected chi connectivity index (χ0v) is 21.5. The average molecular weight is 505 g/mol. The van der Waals surface area contributed by atoms with E-state index in [4.69, 9.17) is 21.6 Å². The smallest absolute Gasteiger partial charge is 0.222 e. The molecule has 0 aliphatic carbocycles. The third-order valence-corrected chi connectivity index (χ3v) is 6.15. The summed E-state index contributed by atoms with van der Waals surface area (Å²) in [7, 11) is 0. The molecule has 0 bridgehead atoms. The number of rotatable bonds is 9. The fourth-order valence-electron chi connectivity index (χ4n) is 4.15. The summed E-state index contributed by atoms with van der Waals surface area (Å²) >= 11 is 6.28. The minimum Gasteiger partial charge on any atom is -0.355 e. The van der Waals surface area contributed by atoms with Crippen molar-refractivity contribution in [2.24, 2.45) is 5.92 Å². The molecule has 0 aliphatic rings. The molecule has 36 heavy (non-hydrogen) atoms. The number of hydrogen-bond donors (Lipinski definition) is 1. The molecule has 0 saturated carbocycles. The Labute approximate surface area is 216 Å². The van der Waals surface area contributed by atoms with Crippen LogP contribution in [0.4, 0.5) is 10.2 Å². The summed E-state index contributed by atoms with van der Waals surface area (Å²) < 4.78 is 13.5. The molecule has 1 amide bonds. The van der Waals surface area contributed by atoms with Crippen LogP contribution in [-0.4, -0.2) is 29.0 Å². The van der Waals surface area contributed by atoms with E-state index >= 15 is 0 Å². The summed E-state index contributed by atoms with van der Waals surface area (Å²) in [6.07, 6.45) is 0.314. The lowest BCUT2D eigenvalue weighted by Gasteiger charge is -2.27. The van der Waals surface area contributed by atoms with Crippen molar-refractivity contribution in [1.82, 2.24) is 15.3 Å². The first-order chi connectivity index (χ1) is 17.3. The van der Waals surface area contributed by atoms with Gasteiger partial charge >= 0.3 is 0 Å². The number of nitrogens with one attached hydrogen (secondary N) is 1. The van der Waals surface area contributed by atoms with Crippen LogP contribution >= 0.6 is 11.6 Å². The second kappa shape index (κ2) is 11.5. The SMILES string of the molecule is CC(C)CN(CCC(=O)N[C@H](C)c1ccccc1)c1nc(-c2ccc(F)cc2)nc2cc(Cl)ccc12. The van der Waals surface area contributed by atoms with E-state index in [2.05, 4.69) is 24.1 Å². The monoisotopic (exact) mass is 504 g/mol. The van der Waals surface area contributed by atoms with Crippen LogP contribution in [0, 0.1) is 11.7 Å². The molecule has 0 saturated heterocycles. The predicted octanol–water partition coefficient (Wildman–Crippen LogP) is 6.82. The number of anilines is 1. The number of halogens is 2. The van der Waals surface area contributed by atoms with E-state index in [0.29, 0.717) is 47.4 Å². The summed E-state index contributed by atoms with van der Waals surface area (Å²) in [6.45, 7) is 7.44. The van der Waals surface area contributed by atoms with Crippen molar-refractivity contribution in [2.75, 3.05) is 18.0 Å². The van der Waals surface area contributed by atoms with Crippen LogP contribution < -0.4 is 10.2 Å². The quantitative estimate of drug-likeness (QED) is 0.272. The topological polar surface area (TPSA) is 58.1 Å². The van der Waals surface area contributed by atoms with Gasteiger partial charge in [-0.25, -0.2) is 14.4 Å². The Bertz CT molecular complexity index is 1330. The number of amides is 1. The van der Waals surface area contributed by atoms with Crippen LogP contribution in [0.3, 0.4) is 0 Å². The van der Waals surface area contributed by atoms with E-state index in [-0.39, 0.29) is 17.8 Å². The van der Waals surface area contributed by atoms with Gasteiger partial charge in [0, 0.05) is 35.5 Å². The molecule has 4 rings (SSSR count). The summed E-state index contributed by atoms with van der Waals surface area (Å²) in [6, 6.07) is 21.5. The lowest BCUT2D eigenvalue weighted by Crippen LogP contribution is -2.34. The number of hydrogen-bond acceptors (Lipinski definition) is 4. The van der Waals surface area contributed by atoms with Gasteiger partial charge in [-0.2, -0.15) is 0 Å². The Morgan fingerprint density at radius 2 is 1.72 bits per heavy atom. The van der Waals surface area contributed by atoms with Gasteiger partial charge in [-0.05, 0) is 60.9 Å². The molecule has 1 atom stereocenters. The van der Waals surface area contributed by atoms with E-state index in [0.717, 1.165) is 16.8 Å². The first-order valence-corrected chi connectivity index (χ1v) is 12.5. The Morgan fingerprint density at radius 3 is 2.42 bits per heavy atom. The summed E-state index contributed by atoms with van der Waals surface area (Å²) in [4.78, 5) is 24.6. The lowest BCUT2D eigenvalue weighted by atomic mass is 10.1. The van der Waals surface area contributed by atoms with Gasteiger partial charge in [0.25, 0.3) is 0 Å². The van der Waals surface area contributed by atoms with Crippen molar-refractivity contribution in [3.8, 4) is 11.4 Å². The van der Waals surface area contributed by atoms with Gasteiger partial charge in [0.2, 0.25) is 5.91 Å². The maximum atomic E-state index is 13.5. The Kier molecular flexibility index (Phi) is 8.16. The van der Waals surface area contributed by atoms with Crippen molar-refractivity contribution < 1.29 is 9.18 Å². The van der Waals surface area contributed by atoms with Gasteiger partial charge in [0.1, 0.15) is 11.6 Å². The van der Waals surface area contributed by atoms with Gasteiger partial charge in [0.05, 0.1) is 11.6 Å². The molecule has 0 spiro atoms. The number of fused-ring (bicyclic) bond motifs is 1. The second-order valence-corrected chi connectivity index (χ2v) is 9.77. The van der Waals surface area contributed by atoms with E-state index < -0.39 is 0 Å². The highest BCUT2D eigenvalue weighted by molar-refractivity contribution is 6.31. The Balaban J connectivity index is 1.63. The Hall–Kier alpha value is -3.51. The molecule has 0 fully saturated rings. The predicted molar refractivity (Wildman–Crippen MR) is 145 cm³/mol. The number of carbonyl (C=O) groups is 1. The van der Waals surface area contributed by atoms with Crippen LogP contribution in [-0.2, 0) is 4.79 Å². The first kappa shape index (κ1) is 25.6. The highest BCUT2D eigenvalue weighted by atomic mass is 35.5. The zero-order chi connectivity index (χ0) is 25.7. The van der Waals surface area contributed by atoms with Crippen LogP contribution in [0.5, 0.6) is 0 Å². The van der Waals surface area contributed by atoms with Crippen molar-refractivity contribution in [1.29, 1.82) is 0 Å². The average Bonchev–Trinajstić information content (AvgIpc) is 2.86.